The van der Waals surface area contributed by atoms with Gasteiger partial charge in [0.2, 0.25) is 0 Å². The summed E-state index contributed by atoms with van der Waals surface area (Å²) in [5.74, 6) is 1.26. The summed E-state index contributed by atoms with van der Waals surface area (Å²) in [6.07, 6.45) is 5.21. The molecule has 0 aliphatic carbocycles. The molecule has 0 aromatic carbocycles. The van der Waals surface area contributed by atoms with Gasteiger partial charge in [0.1, 0.15) is 10.7 Å². The van der Waals surface area contributed by atoms with Crippen LogP contribution >= 0.6 is 22.5 Å². The maximum atomic E-state index is 9.97. The molecule has 0 saturated carbocycles. The van der Waals surface area contributed by atoms with Gasteiger partial charge in [0.25, 0.3) is 0 Å². The lowest BCUT2D eigenvalue weighted by Gasteiger charge is -1.90. The summed E-state index contributed by atoms with van der Waals surface area (Å²) in [6.45, 7) is 0. The smallest absolute Gasteiger partial charge is 0.140 e. The van der Waals surface area contributed by atoms with Gasteiger partial charge in [-0.25, -0.2) is 8.42 Å². The van der Waals surface area contributed by atoms with Crippen LogP contribution in [0.4, 0.5) is 0 Å². The van der Waals surface area contributed by atoms with Crippen molar-refractivity contribution in [1.82, 2.24) is 4.98 Å². The summed E-state index contributed by atoms with van der Waals surface area (Å²) in [5.41, 5.74) is 0. The lowest BCUT2D eigenvalue weighted by Crippen LogP contribution is -1.87. The zero-order valence-corrected chi connectivity index (χ0v) is 10.9. The lowest BCUT2D eigenvalue weighted by molar-refractivity contribution is 0.611. The van der Waals surface area contributed by atoms with Gasteiger partial charge in [0.05, 0.1) is 0 Å². The average Bonchev–Trinajstić information content (AvgIpc) is 2.28. The summed E-state index contributed by atoms with van der Waals surface area (Å²) in [6, 6.07) is 5.72. The van der Waals surface area contributed by atoms with E-state index in [4.69, 9.17) is 0 Å². The number of thiol groups is 2. The van der Waals surface area contributed by atoms with Gasteiger partial charge in [-0.3, -0.25) is 4.98 Å². The Bertz CT molecular complexity index is 256. The fraction of sp³-hybridized carbons (Fsp3) is 0.444. The normalized spacial score (nSPS) is 9.47. The highest BCUT2D eigenvalue weighted by Crippen LogP contribution is 2.07. The molecule has 0 spiro atoms. The molecule has 86 valence electrons. The van der Waals surface area contributed by atoms with Gasteiger partial charge in [-0.15, -0.1) is 11.7 Å². The predicted octanol–water partition coefficient (Wildman–Crippen LogP) is 2.04. The van der Waals surface area contributed by atoms with Crippen molar-refractivity contribution in [2.75, 3.05) is 11.5 Å². The molecular weight excluding hydrogens is 250 g/mol. The van der Waals surface area contributed by atoms with E-state index in [1.165, 1.54) is 10.8 Å². The number of hydrogen-bond acceptors (Lipinski definition) is 5. The monoisotopic (exact) mass is 265 g/mol. The predicted molar refractivity (Wildman–Crippen MR) is 70.1 cm³/mol. The lowest BCUT2D eigenvalue weighted by atomic mass is 10.4. The van der Waals surface area contributed by atoms with Crippen LogP contribution < -0.4 is 0 Å². The zero-order valence-electron chi connectivity index (χ0n) is 8.28. The SMILES string of the molecule is O=[SH](=O)CCCCSS.c1ccncc1. The first-order valence-electron chi connectivity index (χ1n) is 4.50. The van der Waals surface area contributed by atoms with E-state index in [2.05, 4.69) is 16.6 Å². The summed E-state index contributed by atoms with van der Waals surface area (Å²) < 4.78 is 19.9. The summed E-state index contributed by atoms with van der Waals surface area (Å²) in [5, 5.41) is 0. The Morgan fingerprint density at radius 1 is 1.13 bits per heavy atom. The van der Waals surface area contributed by atoms with Gasteiger partial charge in [-0.1, -0.05) is 16.9 Å². The number of pyridine rings is 1. The van der Waals surface area contributed by atoms with E-state index in [0.29, 0.717) is 5.75 Å². The van der Waals surface area contributed by atoms with Crippen LogP contribution in [0.3, 0.4) is 0 Å². The summed E-state index contributed by atoms with van der Waals surface area (Å²) in [7, 11) is -0.700. The Morgan fingerprint density at radius 2 is 1.80 bits per heavy atom. The minimum Gasteiger partial charge on any atom is -0.265 e. The molecule has 3 nitrogen and oxygen atoms in total. The van der Waals surface area contributed by atoms with Crippen molar-refractivity contribution in [3.8, 4) is 0 Å². The van der Waals surface area contributed by atoms with Crippen LogP contribution in [0.15, 0.2) is 30.6 Å². The van der Waals surface area contributed by atoms with E-state index in [-0.39, 0.29) is 0 Å². The highest BCUT2D eigenvalue weighted by Gasteiger charge is 1.88. The van der Waals surface area contributed by atoms with E-state index in [1.807, 2.05) is 18.2 Å². The third kappa shape index (κ3) is 13.8. The standard InChI is InChI=1S/C5H5N.C4H10O2S3/c1-2-4-6-5-3-1;5-9(6)4-2-1-3-8-7/h1-5H;7,9H,1-4H2. The average molecular weight is 265 g/mol. The molecule has 15 heavy (non-hydrogen) atoms. The van der Waals surface area contributed by atoms with Crippen molar-refractivity contribution in [3.63, 3.8) is 0 Å². The molecule has 0 amide bonds. The zero-order chi connectivity index (χ0) is 11.4. The van der Waals surface area contributed by atoms with E-state index in [0.717, 1.165) is 18.6 Å². The van der Waals surface area contributed by atoms with E-state index >= 15 is 0 Å². The van der Waals surface area contributed by atoms with Gasteiger partial charge in [0, 0.05) is 23.9 Å². The summed E-state index contributed by atoms with van der Waals surface area (Å²) in [4.78, 5) is 3.78. The van der Waals surface area contributed by atoms with Gasteiger partial charge in [-0.2, -0.15) is 0 Å². The molecule has 0 aliphatic heterocycles. The van der Waals surface area contributed by atoms with E-state index in [1.54, 1.807) is 12.4 Å². The maximum Gasteiger partial charge on any atom is 0.140 e. The van der Waals surface area contributed by atoms with Crippen molar-refractivity contribution >= 4 is 33.2 Å². The van der Waals surface area contributed by atoms with Crippen LogP contribution in [-0.2, 0) is 10.7 Å². The van der Waals surface area contributed by atoms with Crippen LogP contribution in [0.25, 0.3) is 0 Å². The highest BCUT2D eigenvalue weighted by molar-refractivity contribution is 8.68. The van der Waals surface area contributed by atoms with Crippen LogP contribution in [0.5, 0.6) is 0 Å². The Kier molecular flexibility index (Phi) is 11.7. The third-order valence-electron chi connectivity index (χ3n) is 1.39. The fourth-order valence-electron chi connectivity index (χ4n) is 0.720. The largest absolute Gasteiger partial charge is 0.265 e. The molecule has 0 radical (unpaired) electrons. The first-order valence-corrected chi connectivity index (χ1v) is 7.90. The molecule has 1 rings (SSSR count). The second-order valence-electron chi connectivity index (χ2n) is 2.62. The second kappa shape index (κ2) is 11.9. The van der Waals surface area contributed by atoms with E-state index in [9.17, 15) is 8.42 Å². The minimum absolute atomic E-state index is 0.323. The first-order chi connectivity index (χ1) is 7.27. The number of unbranched alkanes of at least 4 members (excludes halogenated alkanes) is 1. The van der Waals surface area contributed by atoms with Gasteiger partial charge in [0.15, 0.2) is 0 Å². The Hall–Kier alpha value is -0.200. The second-order valence-corrected chi connectivity index (χ2v) is 5.17. The molecule has 0 unspecified atom stereocenters. The molecule has 0 N–H and O–H groups in total. The number of aromatic nitrogens is 1. The molecule has 1 aromatic rings. The fourth-order valence-corrected chi connectivity index (χ4v) is 1.92. The number of nitrogens with zero attached hydrogens (tertiary/aromatic N) is 1. The van der Waals surface area contributed by atoms with Gasteiger partial charge < -0.3 is 0 Å². The van der Waals surface area contributed by atoms with Crippen LogP contribution in [0, 0.1) is 0 Å². The molecule has 0 atom stereocenters. The van der Waals surface area contributed by atoms with Crippen LogP contribution in [-0.4, -0.2) is 24.9 Å². The quantitative estimate of drug-likeness (QED) is 0.486. The number of rotatable bonds is 5. The molecule has 0 fully saturated rings. The summed E-state index contributed by atoms with van der Waals surface area (Å²) >= 11 is 3.91. The molecule has 1 heterocycles. The minimum atomic E-state index is -2.15. The van der Waals surface area contributed by atoms with Crippen molar-refractivity contribution in [2.45, 2.75) is 12.8 Å². The van der Waals surface area contributed by atoms with Gasteiger partial charge >= 0.3 is 0 Å². The number of hydrogen-bond donors (Lipinski definition) is 2. The van der Waals surface area contributed by atoms with Gasteiger partial charge in [-0.05, 0) is 25.0 Å². The molecule has 0 aliphatic rings. The maximum absolute atomic E-state index is 9.97. The third-order valence-corrected chi connectivity index (χ3v) is 3.09. The first kappa shape index (κ1) is 14.8. The molecular formula is C9H15NO2S3. The Balaban J connectivity index is 0.000000280. The topological polar surface area (TPSA) is 47.0 Å². The molecule has 6 heteroatoms. The van der Waals surface area contributed by atoms with Crippen LogP contribution in [0.2, 0.25) is 0 Å². The van der Waals surface area contributed by atoms with E-state index < -0.39 is 10.7 Å². The molecule has 1 aromatic heterocycles. The highest BCUT2D eigenvalue weighted by atomic mass is 33.1. The van der Waals surface area contributed by atoms with Crippen molar-refractivity contribution < 1.29 is 8.42 Å². The Labute approximate surface area is 101 Å². The van der Waals surface area contributed by atoms with Crippen molar-refractivity contribution in [2.24, 2.45) is 0 Å². The molecule has 0 bridgehead atoms. The molecule has 0 saturated heterocycles. The van der Waals surface area contributed by atoms with Crippen LogP contribution in [0.1, 0.15) is 12.8 Å². The van der Waals surface area contributed by atoms with Crippen molar-refractivity contribution in [3.05, 3.63) is 30.6 Å². The van der Waals surface area contributed by atoms with Crippen molar-refractivity contribution in [1.29, 1.82) is 0 Å². The Morgan fingerprint density at radius 3 is 2.13 bits per heavy atom.